The molecule has 3 heterocycles. The minimum absolute atomic E-state index is 0.112. The number of aryl methyl sites for hydroxylation is 2. The molecule has 0 radical (unpaired) electrons. The molecule has 150 valence electrons. The fraction of sp³-hybridized carbons (Fsp3) is 0.538. The maximum atomic E-state index is 6.64. The second kappa shape index (κ2) is 5.30. The lowest BCUT2D eigenvalue weighted by molar-refractivity contribution is -0.0596. The highest BCUT2D eigenvalue weighted by atomic mass is 16.4. The van der Waals surface area contributed by atoms with Gasteiger partial charge in [-0.25, -0.2) is 0 Å². The lowest BCUT2D eigenvalue weighted by atomic mass is 9.47. The Kier molecular flexibility index (Phi) is 3.04. The molecule has 4 bridgehead atoms. The molecule has 8 rings (SSSR count). The number of rotatable bonds is 1. The normalized spacial score (nSPS) is 37.2. The Morgan fingerprint density at radius 2 is 1.66 bits per heavy atom. The van der Waals surface area contributed by atoms with Crippen LogP contribution < -0.4 is 4.90 Å². The van der Waals surface area contributed by atoms with Crippen LogP contribution in [0.3, 0.4) is 0 Å². The SMILES string of the molecule is Cc1ccccc1N1C(C)c2oc3c(ccn3C)c2C12C1CC3CC(C1)CC2C3. The van der Waals surface area contributed by atoms with Gasteiger partial charge in [0, 0.05) is 29.9 Å². The summed E-state index contributed by atoms with van der Waals surface area (Å²) < 4.78 is 8.81. The Bertz CT molecular complexity index is 1110. The third kappa shape index (κ3) is 1.82. The average Bonchev–Trinajstić information content (AvgIpc) is 3.31. The number of fused-ring (bicyclic) bond motifs is 3. The van der Waals surface area contributed by atoms with Gasteiger partial charge in [0.25, 0.3) is 0 Å². The van der Waals surface area contributed by atoms with Crippen molar-refractivity contribution in [2.24, 2.45) is 30.7 Å². The second-order valence-corrected chi connectivity index (χ2v) is 10.4. The molecule has 0 saturated heterocycles. The molecule has 1 unspecified atom stereocenters. The van der Waals surface area contributed by atoms with E-state index in [9.17, 15) is 0 Å². The molecule has 4 fully saturated rings. The monoisotopic (exact) mass is 386 g/mol. The summed E-state index contributed by atoms with van der Waals surface area (Å²) >= 11 is 0. The Morgan fingerprint density at radius 1 is 0.966 bits per heavy atom. The first kappa shape index (κ1) is 16.6. The summed E-state index contributed by atoms with van der Waals surface area (Å²) in [6, 6.07) is 11.6. The second-order valence-electron chi connectivity index (χ2n) is 10.4. The highest BCUT2D eigenvalue weighted by molar-refractivity contribution is 5.85. The van der Waals surface area contributed by atoms with Crippen LogP contribution in [0.25, 0.3) is 11.1 Å². The maximum absolute atomic E-state index is 6.64. The van der Waals surface area contributed by atoms with Crippen LogP contribution in [0.15, 0.2) is 40.9 Å². The zero-order chi connectivity index (χ0) is 19.5. The van der Waals surface area contributed by atoms with Crippen molar-refractivity contribution in [3.05, 3.63) is 53.4 Å². The lowest BCUT2D eigenvalue weighted by Crippen LogP contribution is -2.62. The third-order valence-electron chi connectivity index (χ3n) is 9.06. The molecule has 29 heavy (non-hydrogen) atoms. The summed E-state index contributed by atoms with van der Waals surface area (Å²) in [5.41, 5.74) is 5.54. The standard InChI is InChI=1S/C26H30N2O/c1-15-6-4-5-7-22(15)28-16(2)24-23(21-8-9-27(3)25(21)29-24)26(28)19-11-17-10-18(13-19)14-20(26)12-17/h4-9,16-20H,10-14H2,1-3H3. The van der Waals surface area contributed by atoms with Gasteiger partial charge in [-0.3, -0.25) is 0 Å². The highest BCUT2D eigenvalue weighted by Gasteiger charge is 2.66. The van der Waals surface area contributed by atoms with E-state index < -0.39 is 0 Å². The van der Waals surface area contributed by atoms with Crippen molar-refractivity contribution in [2.45, 2.75) is 57.5 Å². The number of nitrogens with zero attached hydrogens (tertiary/aromatic N) is 2. The van der Waals surface area contributed by atoms with Crippen molar-refractivity contribution in [2.75, 3.05) is 4.90 Å². The van der Waals surface area contributed by atoms with Crippen LogP contribution in [0.2, 0.25) is 0 Å². The predicted octanol–water partition coefficient (Wildman–Crippen LogP) is 6.31. The van der Waals surface area contributed by atoms with E-state index in [1.807, 2.05) is 0 Å². The molecular formula is C26H30N2O. The molecule has 4 aliphatic carbocycles. The van der Waals surface area contributed by atoms with Crippen LogP contribution in [0.5, 0.6) is 0 Å². The van der Waals surface area contributed by atoms with Gasteiger partial charge in [0.05, 0.1) is 11.6 Å². The fourth-order valence-electron chi connectivity index (χ4n) is 8.33. The molecule has 0 N–H and O–H groups in total. The van der Waals surface area contributed by atoms with Crippen LogP contribution in [0.1, 0.15) is 62.0 Å². The number of para-hydroxylation sites is 1. The Balaban J connectivity index is 1.55. The topological polar surface area (TPSA) is 21.3 Å². The van der Waals surface area contributed by atoms with Gasteiger partial charge in [0.1, 0.15) is 5.76 Å². The first-order valence-corrected chi connectivity index (χ1v) is 11.5. The molecule has 1 aromatic carbocycles. The number of hydrogen-bond acceptors (Lipinski definition) is 2. The van der Waals surface area contributed by atoms with Crippen LogP contribution in [-0.4, -0.2) is 4.57 Å². The smallest absolute Gasteiger partial charge is 0.207 e. The van der Waals surface area contributed by atoms with Crippen LogP contribution in [-0.2, 0) is 12.6 Å². The zero-order valence-electron chi connectivity index (χ0n) is 17.7. The van der Waals surface area contributed by atoms with E-state index in [-0.39, 0.29) is 11.6 Å². The zero-order valence-corrected chi connectivity index (χ0v) is 17.7. The Hall–Kier alpha value is -2.16. The summed E-state index contributed by atoms with van der Waals surface area (Å²) in [5.74, 6) is 4.66. The van der Waals surface area contributed by atoms with Crippen molar-refractivity contribution >= 4 is 16.8 Å². The van der Waals surface area contributed by atoms with Crippen molar-refractivity contribution in [1.29, 1.82) is 0 Å². The summed E-state index contributed by atoms with van der Waals surface area (Å²) in [4.78, 5) is 2.83. The maximum Gasteiger partial charge on any atom is 0.207 e. The van der Waals surface area contributed by atoms with Crippen LogP contribution in [0.4, 0.5) is 5.69 Å². The quantitative estimate of drug-likeness (QED) is 0.488. The largest absolute Gasteiger partial charge is 0.442 e. The van der Waals surface area contributed by atoms with E-state index in [1.54, 1.807) is 5.56 Å². The number of anilines is 1. The van der Waals surface area contributed by atoms with Gasteiger partial charge in [0.2, 0.25) is 5.71 Å². The molecule has 3 nitrogen and oxygen atoms in total. The van der Waals surface area contributed by atoms with E-state index >= 15 is 0 Å². The summed E-state index contributed by atoms with van der Waals surface area (Å²) in [7, 11) is 2.12. The average molecular weight is 387 g/mol. The number of aromatic nitrogens is 1. The van der Waals surface area contributed by atoms with Gasteiger partial charge >= 0.3 is 0 Å². The number of hydrogen-bond donors (Lipinski definition) is 0. The van der Waals surface area contributed by atoms with Gasteiger partial charge in [0.15, 0.2) is 0 Å². The molecule has 1 atom stereocenters. The third-order valence-corrected chi connectivity index (χ3v) is 9.06. The van der Waals surface area contributed by atoms with E-state index in [0.29, 0.717) is 0 Å². The van der Waals surface area contributed by atoms with Crippen molar-refractivity contribution < 1.29 is 4.42 Å². The van der Waals surface area contributed by atoms with Crippen LogP contribution >= 0.6 is 0 Å². The molecule has 3 heteroatoms. The Labute approximate surface area is 172 Å². The number of benzene rings is 1. The molecule has 1 aliphatic heterocycles. The van der Waals surface area contributed by atoms with E-state index in [4.69, 9.17) is 4.42 Å². The summed E-state index contributed by atoms with van der Waals surface area (Å²) in [6.07, 6.45) is 9.28. The van der Waals surface area contributed by atoms with Crippen molar-refractivity contribution in [3.63, 3.8) is 0 Å². The van der Waals surface area contributed by atoms with E-state index in [1.165, 1.54) is 54.5 Å². The van der Waals surface area contributed by atoms with Crippen molar-refractivity contribution in [3.8, 4) is 0 Å². The van der Waals surface area contributed by atoms with Gasteiger partial charge in [-0.15, -0.1) is 0 Å². The summed E-state index contributed by atoms with van der Waals surface area (Å²) in [5, 5.41) is 1.37. The molecule has 3 aromatic rings. The van der Waals surface area contributed by atoms with Gasteiger partial charge in [-0.2, -0.15) is 0 Å². The van der Waals surface area contributed by atoms with Gasteiger partial charge in [-0.1, -0.05) is 18.2 Å². The molecule has 5 aliphatic rings. The van der Waals surface area contributed by atoms with E-state index in [0.717, 1.165) is 29.4 Å². The van der Waals surface area contributed by atoms with Crippen LogP contribution in [0, 0.1) is 30.6 Å². The highest BCUT2D eigenvalue weighted by Crippen LogP contribution is 2.70. The van der Waals surface area contributed by atoms with E-state index in [2.05, 4.69) is 66.9 Å². The number of furan rings is 1. The minimum atomic E-state index is 0.112. The molecule has 2 aromatic heterocycles. The fourth-order valence-corrected chi connectivity index (χ4v) is 8.33. The van der Waals surface area contributed by atoms with Crippen molar-refractivity contribution in [1.82, 2.24) is 4.57 Å². The predicted molar refractivity (Wildman–Crippen MR) is 116 cm³/mol. The van der Waals surface area contributed by atoms with Gasteiger partial charge < -0.3 is 13.9 Å². The summed E-state index contributed by atoms with van der Waals surface area (Å²) in [6.45, 7) is 4.66. The lowest BCUT2D eigenvalue weighted by Gasteiger charge is -2.63. The Morgan fingerprint density at radius 3 is 2.34 bits per heavy atom. The molecule has 1 spiro atoms. The van der Waals surface area contributed by atoms with Gasteiger partial charge in [-0.05, 0) is 87.3 Å². The molecule has 4 saturated carbocycles. The molecular weight excluding hydrogens is 356 g/mol. The first-order valence-electron chi connectivity index (χ1n) is 11.5. The minimum Gasteiger partial charge on any atom is -0.442 e. The molecule has 0 amide bonds. The first-order chi connectivity index (χ1) is 14.1.